The fourth-order valence-corrected chi connectivity index (χ4v) is 2.57. The molecule has 0 aliphatic carbocycles. The van der Waals surface area contributed by atoms with Crippen molar-refractivity contribution in [3.8, 4) is 11.3 Å². The van der Waals surface area contributed by atoms with E-state index in [0.29, 0.717) is 0 Å². The first-order valence-electron chi connectivity index (χ1n) is 5.69. The molecular weight excluding hydrogens is 214 g/mol. The summed E-state index contributed by atoms with van der Waals surface area (Å²) >= 11 is 1.76. The number of rotatable bonds is 5. The van der Waals surface area contributed by atoms with Crippen molar-refractivity contribution >= 4 is 11.3 Å². The fourth-order valence-electron chi connectivity index (χ4n) is 1.74. The second kappa shape index (κ2) is 5.80. The number of unbranched alkanes of at least 4 members (excludes halogenated alkanes) is 2. The maximum atomic E-state index is 4.47. The van der Waals surface area contributed by atoms with Gasteiger partial charge in [0.15, 0.2) is 0 Å². The second-order valence-corrected chi connectivity index (χ2v) is 4.74. The third kappa shape index (κ3) is 2.70. The summed E-state index contributed by atoms with van der Waals surface area (Å²) in [7, 11) is 0. The van der Waals surface area contributed by atoms with Crippen LogP contribution in [-0.4, -0.2) is 4.98 Å². The van der Waals surface area contributed by atoms with Crippen LogP contribution in [0.15, 0.2) is 35.8 Å². The van der Waals surface area contributed by atoms with Crippen LogP contribution in [0.1, 0.15) is 24.1 Å². The van der Waals surface area contributed by atoms with Crippen LogP contribution in [0.4, 0.5) is 0 Å². The molecule has 0 spiro atoms. The second-order valence-electron chi connectivity index (χ2n) is 3.80. The van der Waals surface area contributed by atoms with E-state index in [1.54, 1.807) is 11.3 Å². The zero-order valence-electron chi connectivity index (χ0n) is 9.36. The van der Waals surface area contributed by atoms with Gasteiger partial charge in [-0.2, -0.15) is 0 Å². The van der Waals surface area contributed by atoms with Crippen molar-refractivity contribution in [2.45, 2.75) is 25.7 Å². The monoisotopic (exact) mass is 230 g/mol. The fraction of sp³-hybridized carbons (Fsp3) is 0.286. The average molecular weight is 230 g/mol. The predicted octanol–water partition coefficient (Wildman–Crippen LogP) is 4.36. The van der Waals surface area contributed by atoms with Crippen molar-refractivity contribution in [1.82, 2.24) is 4.98 Å². The van der Waals surface area contributed by atoms with E-state index in [4.69, 9.17) is 0 Å². The Morgan fingerprint density at radius 1 is 1.12 bits per heavy atom. The van der Waals surface area contributed by atoms with Gasteiger partial charge in [0.2, 0.25) is 0 Å². The summed E-state index contributed by atoms with van der Waals surface area (Å²) in [5, 5.41) is 0. The van der Waals surface area contributed by atoms with E-state index in [0.717, 1.165) is 18.5 Å². The SMILES string of the molecule is [CH2]CCCCc1scnc1-c1ccccc1. The number of hydrogen-bond acceptors (Lipinski definition) is 2. The Balaban J connectivity index is 2.13. The summed E-state index contributed by atoms with van der Waals surface area (Å²) < 4.78 is 0. The van der Waals surface area contributed by atoms with Crippen LogP contribution >= 0.6 is 11.3 Å². The van der Waals surface area contributed by atoms with Gasteiger partial charge in [0, 0.05) is 10.4 Å². The third-order valence-electron chi connectivity index (χ3n) is 2.59. The molecule has 0 aliphatic heterocycles. The Morgan fingerprint density at radius 2 is 1.94 bits per heavy atom. The highest BCUT2D eigenvalue weighted by molar-refractivity contribution is 7.10. The summed E-state index contributed by atoms with van der Waals surface area (Å²) in [5.74, 6) is 0. The zero-order valence-corrected chi connectivity index (χ0v) is 10.2. The van der Waals surface area contributed by atoms with Gasteiger partial charge < -0.3 is 0 Å². The van der Waals surface area contributed by atoms with Crippen molar-refractivity contribution in [3.05, 3.63) is 47.6 Å². The molecule has 2 rings (SSSR count). The molecule has 0 bridgehead atoms. The van der Waals surface area contributed by atoms with Crippen LogP contribution in [-0.2, 0) is 6.42 Å². The summed E-state index contributed by atoms with van der Waals surface area (Å²) in [6.07, 6.45) is 4.57. The topological polar surface area (TPSA) is 12.9 Å². The van der Waals surface area contributed by atoms with Crippen LogP contribution in [0.25, 0.3) is 11.3 Å². The van der Waals surface area contributed by atoms with Gasteiger partial charge in [-0.3, -0.25) is 0 Å². The Morgan fingerprint density at radius 3 is 2.69 bits per heavy atom. The minimum absolute atomic E-state index is 1.03. The number of aromatic nitrogens is 1. The van der Waals surface area contributed by atoms with Crippen molar-refractivity contribution in [2.24, 2.45) is 0 Å². The average Bonchev–Trinajstić information content (AvgIpc) is 2.79. The van der Waals surface area contributed by atoms with Gasteiger partial charge in [-0.1, -0.05) is 50.1 Å². The van der Waals surface area contributed by atoms with E-state index in [9.17, 15) is 0 Å². The number of aryl methyl sites for hydroxylation is 1. The number of benzene rings is 1. The largest absolute Gasteiger partial charge is 0.244 e. The summed E-state index contributed by atoms with van der Waals surface area (Å²) in [6, 6.07) is 10.4. The van der Waals surface area contributed by atoms with E-state index >= 15 is 0 Å². The van der Waals surface area contributed by atoms with Gasteiger partial charge in [0.1, 0.15) is 0 Å². The first-order valence-corrected chi connectivity index (χ1v) is 6.57. The summed E-state index contributed by atoms with van der Waals surface area (Å²) in [6.45, 7) is 3.87. The van der Waals surface area contributed by atoms with Gasteiger partial charge in [0.05, 0.1) is 11.2 Å². The summed E-state index contributed by atoms with van der Waals surface area (Å²) in [5.41, 5.74) is 4.34. The van der Waals surface area contributed by atoms with Crippen LogP contribution in [0, 0.1) is 6.92 Å². The van der Waals surface area contributed by atoms with Crippen LogP contribution in [0.3, 0.4) is 0 Å². The zero-order chi connectivity index (χ0) is 11.2. The van der Waals surface area contributed by atoms with Crippen molar-refractivity contribution < 1.29 is 0 Å². The molecule has 1 aromatic carbocycles. The van der Waals surface area contributed by atoms with Crippen molar-refractivity contribution in [2.75, 3.05) is 0 Å². The van der Waals surface area contributed by atoms with E-state index in [1.807, 2.05) is 11.6 Å². The molecule has 83 valence electrons. The Bertz CT molecular complexity index is 419. The lowest BCUT2D eigenvalue weighted by molar-refractivity contribution is 0.752. The highest BCUT2D eigenvalue weighted by Crippen LogP contribution is 2.26. The lowest BCUT2D eigenvalue weighted by Gasteiger charge is -2.01. The molecule has 0 saturated carbocycles. The minimum Gasteiger partial charge on any atom is -0.244 e. The first kappa shape index (κ1) is 11.3. The van der Waals surface area contributed by atoms with E-state index in [1.165, 1.54) is 23.3 Å². The smallest absolute Gasteiger partial charge is 0.0843 e. The summed E-state index contributed by atoms with van der Waals surface area (Å²) in [4.78, 5) is 5.87. The molecule has 0 saturated heterocycles. The normalized spacial score (nSPS) is 10.6. The van der Waals surface area contributed by atoms with Gasteiger partial charge in [-0.15, -0.1) is 11.3 Å². The van der Waals surface area contributed by atoms with Crippen molar-refractivity contribution in [1.29, 1.82) is 0 Å². The van der Waals surface area contributed by atoms with Crippen molar-refractivity contribution in [3.63, 3.8) is 0 Å². The van der Waals surface area contributed by atoms with Gasteiger partial charge in [-0.25, -0.2) is 4.98 Å². The standard InChI is InChI=1S/C14H16NS/c1-2-3-5-10-13-14(15-11-16-13)12-8-6-4-7-9-12/h4,6-9,11H,1-3,5,10H2. The first-order chi connectivity index (χ1) is 7.92. The molecule has 0 fully saturated rings. The molecule has 0 N–H and O–H groups in total. The molecule has 1 aromatic heterocycles. The molecule has 0 atom stereocenters. The van der Waals surface area contributed by atoms with Crippen LogP contribution in [0.2, 0.25) is 0 Å². The minimum atomic E-state index is 1.03. The maximum absolute atomic E-state index is 4.47. The van der Waals surface area contributed by atoms with Crippen LogP contribution < -0.4 is 0 Å². The number of thiazole rings is 1. The Labute approximate surface area is 101 Å². The lowest BCUT2D eigenvalue weighted by atomic mass is 10.1. The number of nitrogens with zero attached hydrogens (tertiary/aromatic N) is 1. The molecule has 1 radical (unpaired) electrons. The maximum Gasteiger partial charge on any atom is 0.0843 e. The number of hydrogen-bond donors (Lipinski definition) is 0. The third-order valence-corrected chi connectivity index (χ3v) is 3.48. The Hall–Kier alpha value is -1.15. The highest BCUT2D eigenvalue weighted by Gasteiger charge is 2.07. The van der Waals surface area contributed by atoms with Gasteiger partial charge in [0.25, 0.3) is 0 Å². The molecule has 1 nitrogen and oxygen atoms in total. The van der Waals surface area contributed by atoms with E-state index < -0.39 is 0 Å². The quantitative estimate of drug-likeness (QED) is 0.696. The molecule has 0 unspecified atom stereocenters. The molecule has 16 heavy (non-hydrogen) atoms. The van der Waals surface area contributed by atoms with E-state index in [2.05, 4.69) is 36.2 Å². The molecule has 1 heterocycles. The molecule has 0 aliphatic rings. The highest BCUT2D eigenvalue weighted by atomic mass is 32.1. The predicted molar refractivity (Wildman–Crippen MR) is 70.5 cm³/mol. The molecule has 0 amide bonds. The van der Waals surface area contributed by atoms with Crippen LogP contribution in [0.5, 0.6) is 0 Å². The molecule has 2 aromatic rings. The molecular formula is C14H16NS. The Kier molecular flexibility index (Phi) is 4.11. The molecule has 2 heteroatoms. The van der Waals surface area contributed by atoms with Gasteiger partial charge in [-0.05, 0) is 12.8 Å². The van der Waals surface area contributed by atoms with Gasteiger partial charge >= 0.3 is 0 Å². The lowest BCUT2D eigenvalue weighted by Crippen LogP contribution is -1.86. The van der Waals surface area contributed by atoms with E-state index in [-0.39, 0.29) is 0 Å².